The Hall–Kier alpha value is -3.46. The molecular formula is C19H34N8O7. The summed E-state index contributed by atoms with van der Waals surface area (Å²) in [5.74, 6) is -4.16. The Morgan fingerprint density at radius 3 is 2.29 bits per heavy atom. The molecule has 0 bridgehead atoms. The van der Waals surface area contributed by atoms with E-state index in [1.807, 2.05) is 0 Å². The van der Waals surface area contributed by atoms with Crippen LogP contribution in [0.2, 0.25) is 0 Å². The Kier molecular flexibility index (Phi) is 11.7. The van der Waals surface area contributed by atoms with E-state index in [9.17, 15) is 24.0 Å². The highest BCUT2D eigenvalue weighted by molar-refractivity contribution is 5.94. The molecule has 0 spiro atoms. The maximum atomic E-state index is 13.0. The summed E-state index contributed by atoms with van der Waals surface area (Å²) in [5, 5.41) is 22.9. The third-order valence-electron chi connectivity index (χ3n) is 5.23. The average Bonchev–Trinajstić information content (AvgIpc) is 3.26. The average molecular weight is 487 g/mol. The van der Waals surface area contributed by atoms with Crippen LogP contribution in [0.4, 0.5) is 0 Å². The van der Waals surface area contributed by atoms with Crippen LogP contribution in [0.1, 0.15) is 38.5 Å². The van der Waals surface area contributed by atoms with Gasteiger partial charge in [0.1, 0.15) is 18.1 Å². The van der Waals surface area contributed by atoms with Crippen LogP contribution in [0.5, 0.6) is 0 Å². The summed E-state index contributed by atoms with van der Waals surface area (Å²) < 4.78 is 0. The second-order valence-electron chi connectivity index (χ2n) is 7.89. The number of nitrogens with one attached hydrogen (secondary N) is 2. The molecule has 4 amide bonds. The number of rotatable bonds is 14. The Bertz CT molecular complexity index is 787. The zero-order valence-corrected chi connectivity index (χ0v) is 18.8. The molecule has 192 valence electrons. The first kappa shape index (κ1) is 28.6. The fourth-order valence-corrected chi connectivity index (χ4v) is 3.44. The van der Waals surface area contributed by atoms with Gasteiger partial charge in [0, 0.05) is 19.5 Å². The van der Waals surface area contributed by atoms with Crippen LogP contribution in [0, 0.1) is 0 Å². The van der Waals surface area contributed by atoms with Gasteiger partial charge < -0.3 is 48.7 Å². The minimum atomic E-state index is -1.56. The van der Waals surface area contributed by atoms with Gasteiger partial charge in [-0.25, -0.2) is 4.79 Å². The van der Waals surface area contributed by atoms with Crippen LogP contribution < -0.4 is 33.6 Å². The predicted molar refractivity (Wildman–Crippen MR) is 120 cm³/mol. The van der Waals surface area contributed by atoms with Gasteiger partial charge in [0.25, 0.3) is 0 Å². The number of amides is 4. The van der Waals surface area contributed by atoms with Gasteiger partial charge in [0.15, 0.2) is 5.96 Å². The molecule has 34 heavy (non-hydrogen) atoms. The summed E-state index contributed by atoms with van der Waals surface area (Å²) in [6.45, 7) is -0.412. The molecule has 1 fully saturated rings. The highest BCUT2D eigenvalue weighted by Crippen LogP contribution is 2.19. The van der Waals surface area contributed by atoms with Gasteiger partial charge in [0.05, 0.1) is 12.6 Å². The van der Waals surface area contributed by atoms with Crippen molar-refractivity contribution >= 4 is 35.6 Å². The summed E-state index contributed by atoms with van der Waals surface area (Å²) in [4.78, 5) is 65.5. The number of carboxylic acids is 1. The Morgan fingerprint density at radius 2 is 1.74 bits per heavy atom. The number of aliphatic imine (C=N–C) groups is 1. The number of likely N-dealkylation sites (tertiary alicyclic amines) is 1. The van der Waals surface area contributed by atoms with Crippen molar-refractivity contribution in [1.82, 2.24) is 15.5 Å². The minimum absolute atomic E-state index is 0.0343. The fraction of sp³-hybridized carbons (Fsp3) is 0.684. The summed E-state index contributed by atoms with van der Waals surface area (Å²) in [7, 11) is 0. The SMILES string of the molecule is NC(=O)CCC(N)C(=O)N1CCCC1C(=O)NC(CCCN=C(N)N)C(=O)NC(CO)C(=O)O. The lowest BCUT2D eigenvalue weighted by Crippen LogP contribution is -2.57. The zero-order chi connectivity index (χ0) is 25.8. The summed E-state index contributed by atoms with van der Waals surface area (Å²) in [6, 6.07) is -4.64. The third kappa shape index (κ3) is 9.19. The number of aliphatic hydroxyl groups excluding tert-OH is 1. The molecule has 4 unspecified atom stereocenters. The molecule has 0 aromatic carbocycles. The van der Waals surface area contributed by atoms with Crippen LogP contribution in [-0.2, 0) is 24.0 Å². The lowest BCUT2D eigenvalue weighted by molar-refractivity contribution is -0.144. The van der Waals surface area contributed by atoms with Gasteiger partial charge in [-0.3, -0.25) is 24.2 Å². The van der Waals surface area contributed by atoms with Crippen molar-refractivity contribution in [3.05, 3.63) is 0 Å². The topological polar surface area (TPSA) is 270 Å². The maximum Gasteiger partial charge on any atom is 0.328 e. The maximum absolute atomic E-state index is 13.0. The van der Waals surface area contributed by atoms with E-state index in [1.165, 1.54) is 4.90 Å². The molecule has 4 atom stereocenters. The molecule has 0 aromatic rings. The Balaban J connectivity index is 2.90. The lowest BCUT2D eigenvalue weighted by Gasteiger charge is -2.28. The number of hydrogen-bond donors (Lipinski definition) is 8. The Labute approximate surface area is 196 Å². The van der Waals surface area contributed by atoms with Crippen molar-refractivity contribution in [3.8, 4) is 0 Å². The van der Waals surface area contributed by atoms with Crippen LogP contribution in [0.15, 0.2) is 4.99 Å². The first-order chi connectivity index (χ1) is 16.0. The Morgan fingerprint density at radius 1 is 1.06 bits per heavy atom. The summed E-state index contributed by atoms with van der Waals surface area (Å²) in [6.07, 6.45) is 1.15. The number of nitrogens with zero attached hydrogens (tertiary/aromatic N) is 2. The van der Waals surface area contributed by atoms with E-state index in [4.69, 9.17) is 33.1 Å². The molecule has 1 saturated heterocycles. The minimum Gasteiger partial charge on any atom is -0.480 e. The molecule has 1 aliphatic rings. The second-order valence-corrected chi connectivity index (χ2v) is 7.89. The first-order valence-corrected chi connectivity index (χ1v) is 10.8. The molecule has 0 aromatic heterocycles. The van der Waals surface area contributed by atoms with Gasteiger partial charge in [-0.15, -0.1) is 0 Å². The van der Waals surface area contributed by atoms with Gasteiger partial charge in [-0.1, -0.05) is 0 Å². The van der Waals surface area contributed by atoms with Crippen molar-refractivity contribution in [1.29, 1.82) is 0 Å². The van der Waals surface area contributed by atoms with Crippen molar-refractivity contribution in [3.63, 3.8) is 0 Å². The van der Waals surface area contributed by atoms with Crippen LogP contribution in [-0.4, -0.2) is 94.5 Å². The number of carboxylic acid groups (broad SMARTS) is 1. The predicted octanol–water partition coefficient (Wildman–Crippen LogP) is -4.33. The van der Waals surface area contributed by atoms with Crippen molar-refractivity contribution < 1.29 is 34.2 Å². The molecule has 15 nitrogen and oxygen atoms in total. The third-order valence-corrected chi connectivity index (χ3v) is 5.23. The lowest BCUT2D eigenvalue weighted by atomic mass is 10.1. The monoisotopic (exact) mass is 486 g/mol. The number of nitrogens with two attached hydrogens (primary N) is 4. The number of primary amides is 1. The standard InChI is InChI=1S/C19H34N8O7/c20-10(5-6-14(21)29)17(32)27-8-2-4-13(27)16(31)25-11(3-1-7-24-19(22)23)15(30)26-12(9-28)18(33)34/h10-13,28H,1-9,20H2,(H2,21,29)(H,25,31)(H,26,30)(H,33,34)(H4,22,23,24). The molecule has 0 radical (unpaired) electrons. The van der Waals surface area contributed by atoms with Crippen molar-refractivity contribution in [2.75, 3.05) is 19.7 Å². The van der Waals surface area contributed by atoms with Gasteiger partial charge >= 0.3 is 5.97 Å². The number of aliphatic hydroxyl groups is 1. The van der Waals surface area contributed by atoms with E-state index in [0.29, 0.717) is 12.8 Å². The molecule has 12 N–H and O–H groups in total. The molecule has 15 heteroatoms. The van der Waals surface area contributed by atoms with Crippen molar-refractivity contribution in [2.45, 2.75) is 62.7 Å². The quantitative estimate of drug-likeness (QED) is 0.0664. The number of aliphatic carboxylic acids is 1. The highest BCUT2D eigenvalue weighted by atomic mass is 16.4. The van der Waals surface area contributed by atoms with E-state index in [0.717, 1.165) is 0 Å². The van der Waals surface area contributed by atoms with Gasteiger partial charge in [-0.05, 0) is 32.1 Å². The van der Waals surface area contributed by atoms with E-state index >= 15 is 0 Å². The first-order valence-electron chi connectivity index (χ1n) is 10.8. The van der Waals surface area contributed by atoms with E-state index < -0.39 is 60.4 Å². The van der Waals surface area contributed by atoms with Crippen LogP contribution in [0.3, 0.4) is 0 Å². The van der Waals surface area contributed by atoms with Crippen molar-refractivity contribution in [2.24, 2.45) is 27.9 Å². The van der Waals surface area contributed by atoms with Gasteiger partial charge in [0.2, 0.25) is 23.6 Å². The van der Waals surface area contributed by atoms with E-state index in [-0.39, 0.29) is 44.7 Å². The number of guanidine groups is 1. The van der Waals surface area contributed by atoms with Crippen LogP contribution >= 0.6 is 0 Å². The molecule has 1 rings (SSSR count). The summed E-state index contributed by atoms with van der Waals surface area (Å²) >= 11 is 0. The number of carbonyl (C=O) groups is 5. The highest BCUT2D eigenvalue weighted by Gasteiger charge is 2.37. The molecular weight excluding hydrogens is 452 g/mol. The normalized spacial score (nSPS) is 17.8. The number of hydrogen-bond acceptors (Lipinski definition) is 8. The van der Waals surface area contributed by atoms with E-state index in [2.05, 4.69) is 15.6 Å². The molecule has 0 aliphatic carbocycles. The number of carbonyl (C=O) groups excluding carboxylic acids is 4. The van der Waals surface area contributed by atoms with E-state index in [1.54, 1.807) is 0 Å². The van der Waals surface area contributed by atoms with Crippen LogP contribution in [0.25, 0.3) is 0 Å². The fourth-order valence-electron chi connectivity index (χ4n) is 3.44. The zero-order valence-electron chi connectivity index (χ0n) is 18.8. The smallest absolute Gasteiger partial charge is 0.328 e. The second kappa shape index (κ2) is 13.9. The summed E-state index contributed by atoms with van der Waals surface area (Å²) in [5.41, 5.74) is 21.5. The molecule has 1 heterocycles. The van der Waals surface area contributed by atoms with Gasteiger partial charge in [-0.2, -0.15) is 0 Å². The largest absolute Gasteiger partial charge is 0.480 e. The molecule has 1 aliphatic heterocycles. The molecule has 0 saturated carbocycles.